The molecule has 0 heterocycles. The van der Waals surface area contributed by atoms with Gasteiger partial charge in [0.25, 0.3) is 0 Å². The van der Waals surface area contributed by atoms with Gasteiger partial charge >= 0.3 is 17.9 Å². The maximum atomic E-state index is 12.9. The predicted octanol–water partition coefficient (Wildman–Crippen LogP) is 20.6. The van der Waals surface area contributed by atoms with Crippen LogP contribution in [0.4, 0.5) is 0 Å². The fraction of sp³-hybridized carbons (Fsp3) is 0.828. The summed E-state index contributed by atoms with van der Waals surface area (Å²) >= 11 is 0. The lowest BCUT2D eigenvalue weighted by Gasteiger charge is -2.18. The summed E-state index contributed by atoms with van der Waals surface area (Å²) in [6.07, 6.45) is 72.4. The molecule has 0 radical (unpaired) electrons. The van der Waals surface area contributed by atoms with Gasteiger partial charge in [-0.15, -0.1) is 0 Å². The quantitative estimate of drug-likeness (QED) is 0.0261. The molecule has 1 atom stereocenters. The Morgan fingerprint density at radius 3 is 0.814 bits per heavy atom. The summed E-state index contributed by atoms with van der Waals surface area (Å²) in [6, 6.07) is 0. The van der Waals surface area contributed by atoms with Gasteiger partial charge in [-0.25, -0.2) is 0 Å². The third kappa shape index (κ3) is 56.3. The normalized spacial score (nSPS) is 12.3. The van der Waals surface area contributed by atoms with Crippen LogP contribution in [0.25, 0.3) is 0 Å². The van der Waals surface area contributed by atoms with E-state index in [-0.39, 0.29) is 31.1 Å². The molecule has 0 bridgehead atoms. The van der Waals surface area contributed by atoms with Gasteiger partial charge in [-0.1, -0.05) is 268 Å². The molecule has 0 fully saturated rings. The molecule has 0 aliphatic heterocycles. The molecule has 0 aromatic carbocycles. The van der Waals surface area contributed by atoms with Crippen molar-refractivity contribution >= 4 is 17.9 Å². The van der Waals surface area contributed by atoms with Gasteiger partial charge in [0.05, 0.1) is 0 Å². The van der Waals surface area contributed by atoms with Crippen LogP contribution in [0.3, 0.4) is 0 Å². The van der Waals surface area contributed by atoms with Gasteiger partial charge in [-0.2, -0.15) is 0 Å². The molecule has 0 unspecified atom stereocenters. The molecular formula is C64H116O6. The highest BCUT2D eigenvalue weighted by Crippen LogP contribution is 2.17. The van der Waals surface area contributed by atoms with Crippen LogP contribution in [0.2, 0.25) is 0 Å². The van der Waals surface area contributed by atoms with Crippen LogP contribution in [0.15, 0.2) is 48.6 Å². The monoisotopic (exact) mass is 981 g/mol. The second-order valence-corrected chi connectivity index (χ2v) is 20.6. The van der Waals surface area contributed by atoms with E-state index in [1.807, 2.05) is 0 Å². The number of carbonyl (C=O) groups excluding carboxylic acids is 3. The molecular weight excluding hydrogens is 865 g/mol. The number of rotatable bonds is 56. The SMILES string of the molecule is CCCCC/C=C\C/C=C\CCCCCCCCCCCC(=O)OC[C@@H](COC(=O)CCCCCCCCCCCCCCCC)OC(=O)CCCCCCCCCCC/C=C\C/C=C\CCCCC. The first-order chi connectivity index (χ1) is 34.5. The highest BCUT2D eigenvalue weighted by Gasteiger charge is 2.19. The molecule has 0 aliphatic rings. The summed E-state index contributed by atoms with van der Waals surface area (Å²) in [5.74, 6) is -0.863. The number of unbranched alkanes of at least 4 members (excludes halogenated alkanes) is 37. The van der Waals surface area contributed by atoms with E-state index in [4.69, 9.17) is 14.2 Å². The minimum absolute atomic E-state index is 0.0726. The summed E-state index contributed by atoms with van der Waals surface area (Å²) in [5, 5.41) is 0. The number of carbonyl (C=O) groups is 3. The second kappa shape index (κ2) is 58.9. The van der Waals surface area contributed by atoms with Crippen LogP contribution in [0.1, 0.15) is 323 Å². The van der Waals surface area contributed by atoms with Crippen molar-refractivity contribution in [3.63, 3.8) is 0 Å². The smallest absolute Gasteiger partial charge is 0.306 e. The molecule has 0 amide bonds. The molecule has 0 saturated carbocycles. The number of allylic oxidation sites excluding steroid dienone is 8. The number of ether oxygens (including phenoxy) is 3. The predicted molar refractivity (Wildman–Crippen MR) is 302 cm³/mol. The first kappa shape index (κ1) is 67.4. The maximum Gasteiger partial charge on any atom is 0.306 e. The highest BCUT2D eigenvalue weighted by atomic mass is 16.6. The molecule has 0 spiro atoms. The minimum Gasteiger partial charge on any atom is -0.462 e. The summed E-state index contributed by atoms with van der Waals surface area (Å²) in [7, 11) is 0. The summed E-state index contributed by atoms with van der Waals surface area (Å²) in [6.45, 7) is 6.63. The van der Waals surface area contributed by atoms with Crippen molar-refractivity contribution in [2.75, 3.05) is 13.2 Å². The van der Waals surface area contributed by atoms with E-state index >= 15 is 0 Å². The summed E-state index contributed by atoms with van der Waals surface area (Å²) in [5.41, 5.74) is 0. The Balaban J connectivity index is 4.34. The molecule has 0 rings (SSSR count). The lowest BCUT2D eigenvalue weighted by atomic mass is 10.0. The third-order valence-electron chi connectivity index (χ3n) is 13.6. The Morgan fingerprint density at radius 2 is 0.514 bits per heavy atom. The van der Waals surface area contributed by atoms with E-state index in [9.17, 15) is 14.4 Å². The van der Waals surface area contributed by atoms with Gasteiger partial charge in [0, 0.05) is 19.3 Å². The van der Waals surface area contributed by atoms with Gasteiger partial charge in [0.2, 0.25) is 0 Å². The Morgan fingerprint density at radius 1 is 0.286 bits per heavy atom. The zero-order valence-electron chi connectivity index (χ0n) is 46.8. The van der Waals surface area contributed by atoms with Crippen molar-refractivity contribution < 1.29 is 28.6 Å². The van der Waals surface area contributed by atoms with Crippen LogP contribution in [-0.4, -0.2) is 37.2 Å². The van der Waals surface area contributed by atoms with Crippen molar-refractivity contribution in [1.29, 1.82) is 0 Å². The average Bonchev–Trinajstić information content (AvgIpc) is 3.36. The van der Waals surface area contributed by atoms with Crippen molar-refractivity contribution in [1.82, 2.24) is 0 Å². The fourth-order valence-electron chi connectivity index (χ4n) is 8.92. The van der Waals surface area contributed by atoms with Crippen LogP contribution in [0.5, 0.6) is 0 Å². The van der Waals surface area contributed by atoms with Gasteiger partial charge in [-0.3, -0.25) is 14.4 Å². The van der Waals surface area contributed by atoms with Gasteiger partial charge in [0.1, 0.15) is 13.2 Å². The van der Waals surface area contributed by atoms with Crippen molar-refractivity contribution in [3.8, 4) is 0 Å². The molecule has 408 valence electrons. The first-order valence-corrected chi connectivity index (χ1v) is 30.6. The van der Waals surface area contributed by atoms with E-state index in [1.54, 1.807) is 0 Å². The third-order valence-corrected chi connectivity index (χ3v) is 13.6. The van der Waals surface area contributed by atoms with E-state index in [0.717, 1.165) is 70.6 Å². The minimum atomic E-state index is -0.775. The molecule has 6 nitrogen and oxygen atoms in total. The number of esters is 3. The molecule has 0 saturated heterocycles. The molecule has 0 aromatic heterocycles. The largest absolute Gasteiger partial charge is 0.462 e. The van der Waals surface area contributed by atoms with Gasteiger partial charge in [0.15, 0.2) is 6.10 Å². The Bertz CT molecular complexity index is 1220. The maximum absolute atomic E-state index is 12.9. The molecule has 0 aliphatic carbocycles. The van der Waals surface area contributed by atoms with Crippen LogP contribution < -0.4 is 0 Å². The van der Waals surface area contributed by atoms with Crippen LogP contribution in [0, 0.1) is 0 Å². The average molecular weight is 982 g/mol. The molecule has 0 N–H and O–H groups in total. The lowest BCUT2D eigenvalue weighted by molar-refractivity contribution is -0.167. The van der Waals surface area contributed by atoms with E-state index in [1.165, 1.54) is 212 Å². The Kier molecular flexibility index (Phi) is 56.7. The summed E-state index contributed by atoms with van der Waals surface area (Å²) in [4.78, 5) is 38.2. The van der Waals surface area contributed by atoms with Gasteiger partial charge < -0.3 is 14.2 Å². The highest BCUT2D eigenvalue weighted by molar-refractivity contribution is 5.71. The fourth-order valence-corrected chi connectivity index (χ4v) is 8.92. The number of hydrogen-bond acceptors (Lipinski definition) is 6. The first-order valence-electron chi connectivity index (χ1n) is 30.6. The van der Waals surface area contributed by atoms with Crippen molar-refractivity contribution in [3.05, 3.63) is 48.6 Å². The van der Waals surface area contributed by atoms with Gasteiger partial charge in [-0.05, 0) is 83.5 Å². The Hall–Kier alpha value is -2.63. The van der Waals surface area contributed by atoms with Crippen molar-refractivity contribution in [2.24, 2.45) is 0 Å². The lowest BCUT2D eigenvalue weighted by Crippen LogP contribution is -2.30. The van der Waals surface area contributed by atoms with E-state index in [2.05, 4.69) is 69.4 Å². The molecule has 70 heavy (non-hydrogen) atoms. The van der Waals surface area contributed by atoms with Crippen LogP contribution in [-0.2, 0) is 28.6 Å². The molecule has 6 heteroatoms. The zero-order chi connectivity index (χ0) is 50.7. The van der Waals surface area contributed by atoms with Crippen LogP contribution >= 0.6 is 0 Å². The topological polar surface area (TPSA) is 78.9 Å². The standard InChI is InChI=1S/C64H116O6/c1-4-7-10-13-16-19-22-25-28-30-32-34-36-39-42-45-48-51-54-57-63(66)69-60-61(59-68-62(65)56-53-50-47-44-41-38-27-24-21-18-15-12-9-6-3)70-64(67)58-55-52-49-46-43-40-37-35-33-31-29-26-23-20-17-14-11-8-5-2/h16-17,19-20,25-26,28-29,61H,4-15,18,21-24,27,30-60H2,1-3H3/b19-16-,20-17-,28-25-,29-26-/t61-/m1/s1. The van der Waals surface area contributed by atoms with Crippen molar-refractivity contribution in [2.45, 2.75) is 329 Å². The second-order valence-electron chi connectivity index (χ2n) is 20.6. The summed E-state index contributed by atoms with van der Waals surface area (Å²) < 4.78 is 16.9. The zero-order valence-corrected chi connectivity index (χ0v) is 46.8. The van der Waals surface area contributed by atoms with E-state index < -0.39 is 6.10 Å². The molecule has 0 aromatic rings. The van der Waals surface area contributed by atoms with E-state index in [0.29, 0.717) is 19.3 Å². The number of hydrogen-bond donors (Lipinski definition) is 0. The Labute approximate surface area is 435 Å².